The van der Waals surface area contributed by atoms with Gasteiger partial charge in [-0.15, -0.1) is 11.3 Å². The fourth-order valence-corrected chi connectivity index (χ4v) is 1.66. The summed E-state index contributed by atoms with van der Waals surface area (Å²) < 4.78 is 0. The first-order valence-electron chi connectivity index (χ1n) is 4.65. The maximum absolute atomic E-state index is 11.4. The average Bonchev–Trinajstić information content (AvgIpc) is 2.70. The van der Waals surface area contributed by atoms with Gasteiger partial charge < -0.3 is 10.4 Å². The van der Waals surface area contributed by atoms with E-state index in [-0.39, 0.29) is 5.91 Å². The molecule has 0 spiro atoms. The number of hydrogen-bond donors (Lipinski definition) is 2. The van der Waals surface area contributed by atoms with Crippen molar-refractivity contribution in [2.24, 2.45) is 5.92 Å². The lowest BCUT2D eigenvalue weighted by Crippen LogP contribution is -2.26. The van der Waals surface area contributed by atoms with Crippen LogP contribution in [0.3, 0.4) is 0 Å². The van der Waals surface area contributed by atoms with Crippen molar-refractivity contribution < 1.29 is 14.7 Å². The van der Waals surface area contributed by atoms with Crippen molar-refractivity contribution in [3.05, 3.63) is 22.4 Å². The van der Waals surface area contributed by atoms with E-state index in [0.29, 0.717) is 17.8 Å². The van der Waals surface area contributed by atoms with Crippen molar-refractivity contribution in [2.45, 2.75) is 13.3 Å². The predicted octanol–water partition coefficient (Wildman–Crippen LogP) is 1.59. The van der Waals surface area contributed by atoms with Crippen LogP contribution >= 0.6 is 11.3 Å². The monoisotopic (exact) mass is 227 g/mol. The molecule has 5 heteroatoms. The normalized spacial score (nSPS) is 12.1. The summed E-state index contributed by atoms with van der Waals surface area (Å²) in [5, 5.41) is 13.1. The molecule has 1 aromatic heterocycles. The van der Waals surface area contributed by atoms with Crippen molar-refractivity contribution in [2.75, 3.05) is 6.54 Å². The van der Waals surface area contributed by atoms with Gasteiger partial charge in [-0.05, 0) is 17.9 Å². The standard InChI is InChI=1S/C10H13NO3S/c1-7(10(13)14)4-5-11-9(12)8-3-2-6-15-8/h2-3,6-7H,4-5H2,1H3,(H,11,12)(H,13,14). The Morgan fingerprint density at radius 2 is 2.33 bits per heavy atom. The largest absolute Gasteiger partial charge is 0.481 e. The zero-order valence-electron chi connectivity index (χ0n) is 8.40. The summed E-state index contributed by atoms with van der Waals surface area (Å²) in [6.45, 7) is 2.02. The lowest BCUT2D eigenvalue weighted by molar-refractivity contribution is -0.141. The van der Waals surface area contributed by atoms with Gasteiger partial charge in [0.25, 0.3) is 5.91 Å². The first kappa shape index (κ1) is 11.7. The minimum Gasteiger partial charge on any atom is -0.481 e. The van der Waals surface area contributed by atoms with Gasteiger partial charge in [0, 0.05) is 6.54 Å². The summed E-state index contributed by atoms with van der Waals surface area (Å²) in [6, 6.07) is 3.54. The Labute approximate surface area is 91.9 Å². The van der Waals surface area contributed by atoms with Gasteiger partial charge >= 0.3 is 5.97 Å². The first-order chi connectivity index (χ1) is 7.11. The molecule has 0 saturated heterocycles. The Bertz CT molecular complexity index is 334. The van der Waals surface area contributed by atoms with Crippen molar-refractivity contribution in [1.82, 2.24) is 5.32 Å². The van der Waals surface area contributed by atoms with Crippen LogP contribution in [0.5, 0.6) is 0 Å². The van der Waals surface area contributed by atoms with Gasteiger partial charge in [-0.1, -0.05) is 13.0 Å². The van der Waals surface area contributed by atoms with Crippen molar-refractivity contribution in [1.29, 1.82) is 0 Å². The number of carboxylic acid groups (broad SMARTS) is 1. The molecule has 1 rings (SSSR count). The van der Waals surface area contributed by atoms with Crippen LogP contribution in [-0.4, -0.2) is 23.5 Å². The number of hydrogen-bond acceptors (Lipinski definition) is 3. The van der Waals surface area contributed by atoms with Gasteiger partial charge in [0.05, 0.1) is 10.8 Å². The predicted molar refractivity (Wildman–Crippen MR) is 58.1 cm³/mol. The van der Waals surface area contributed by atoms with Crippen LogP contribution in [0.4, 0.5) is 0 Å². The van der Waals surface area contributed by atoms with E-state index >= 15 is 0 Å². The van der Waals surface area contributed by atoms with Crippen LogP contribution in [0, 0.1) is 5.92 Å². The molecule has 1 amide bonds. The van der Waals surface area contributed by atoms with E-state index in [9.17, 15) is 9.59 Å². The second kappa shape index (κ2) is 5.50. The highest BCUT2D eigenvalue weighted by molar-refractivity contribution is 7.12. The fourth-order valence-electron chi connectivity index (χ4n) is 1.02. The molecule has 1 aromatic rings. The van der Waals surface area contributed by atoms with Crippen LogP contribution in [0.15, 0.2) is 17.5 Å². The zero-order chi connectivity index (χ0) is 11.3. The lowest BCUT2D eigenvalue weighted by atomic mass is 10.1. The number of thiophene rings is 1. The third-order valence-corrected chi connectivity index (χ3v) is 2.90. The molecule has 1 atom stereocenters. The van der Waals surface area contributed by atoms with Crippen LogP contribution in [0.2, 0.25) is 0 Å². The molecule has 82 valence electrons. The van der Waals surface area contributed by atoms with E-state index < -0.39 is 11.9 Å². The van der Waals surface area contributed by atoms with E-state index in [1.54, 1.807) is 19.1 Å². The molecule has 4 nitrogen and oxygen atoms in total. The second-order valence-corrected chi connectivity index (χ2v) is 4.21. The summed E-state index contributed by atoms with van der Waals surface area (Å²) >= 11 is 1.37. The molecule has 0 radical (unpaired) electrons. The molecule has 0 saturated carbocycles. The molecule has 0 aromatic carbocycles. The van der Waals surface area contributed by atoms with E-state index in [4.69, 9.17) is 5.11 Å². The van der Waals surface area contributed by atoms with Crippen molar-refractivity contribution in [3.8, 4) is 0 Å². The summed E-state index contributed by atoms with van der Waals surface area (Å²) in [5.74, 6) is -1.39. The van der Waals surface area contributed by atoms with E-state index in [2.05, 4.69) is 5.32 Å². The Hall–Kier alpha value is -1.36. The Morgan fingerprint density at radius 3 is 2.87 bits per heavy atom. The maximum atomic E-state index is 11.4. The fraction of sp³-hybridized carbons (Fsp3) is 0.400. The molecule has 0 fully saturated rings. The maximum Gasteiger partial charge on any atom is 0.306 e. The van der Waals surface area contributed by atoms with Gasteiger partial charge in [0.2, 0.25) is 0 Å². The number of carbonyl (C=O) groups excluding carboxylic acids is 1. The Kier molecular flexibility index (Phi) is 4.30. The molecular formula is C10H13NO3S. The number of carboxylic acids is 1. The molecule has 1 heterocycles. The summed E-state index contributed by atoms with van der Waals surface area (Å²) in [7, 11) is 0. The highest BCUT2D eigenvalue weighted by Crippen LogP contribution is 2.08. The second-order valence-electron chi connectivity index (χ2n) is 3.26. The SMILES string of the molecule is CC(CCNC(=O)c1cccs1)C(=O)O. The average molecular weight is 227 g/mol. The zero-order valence-corrected chi connectivity index (χ0v) is 9.21. The molecule has 0 aliphatic carbocycles. The third-order valence-electron chi connectivity index (χ3n) is 2.03. The van der Waals surface area contributed by atoms with E-state index in [1.807, 2.05) is 5.38 Å². The highest BCUT2D eigenvalue weighted by atomic mass is 32.1. The third kappa shape index (κ3) is 3.71. The minimum absolute atomic E-state index is 0.136. The quantitative estimate of drug-likeness (QED) is 0.802. The molecular weight excluding hydrogens is 214 g/mol. The van der Waals surface area contributed by atoms with Crippen LogP contribution in [0.1, 0.15) is 23.0 Å². The number of aliphatic carboxylic acids is 1. The van der Waals surface area contributed by atoms with E-state index in [1.165, 1.54) is 11.3 Å². The minimum atomic E-state index is -0.833. The highest BCUT2D eigenvalue weighted by Gasteiger charge is 2.11. The number of rotatable bonds is 5. The van der Waals surface area contributed by atoms with E-state index in [0.717, 1.165) is 0 Å². The van der Waals surface area contributed by atoms with Crippen LogP contribution in [0.25, 0.3) is 0 Å². The molecule has 15 heavy (non-hydrogen) atoms. The van der Waals surface area contributed by atoms with Crippen molar-refractivity contribution >= 4 is 23.2 Å². The molecule has 2 N–H and O–H groups in total. The van der Waals surface area contributed by atoms with Gasteiger partial charge in [-0.2, -0.15) is 0 Å². The Morgan fingerprint density at radius 1 is 1.60 bits per heavy atom. The first-order valence-corrected chi connectivity index (χ1v) is 5.53. The van der Waals surface area contributed by atoms with Gasteiger partial charge in [-0.25, -0.2) is 0 Å². The van der Waals surface area contributed by atoms with Crippen molar-refractivity contribution in [3.63, 3.8) is 0 Å². The van der Waals surface area contributed by atoms with Gasteiger partial charge in [-0.3, -0.25) is 9.59 Å². The van der Waals surface area contributed by atoms with Gasteiger partial charge in [0.15, 0.2) is 0 Å². The molecule has 0 aliphatic rings. The topological polar surface area (TPSA) is 66.4 Å². The Balaban J connectivity index is 2.27. The molecule has 0 bridgehead atoms. The number of nitrogens with one attached hydrogen (secondary N) is 1. The summed E-state index contributed by atoms with van der Waals surface area (Å²) in [6.07, 6.45) is 0.451. The van der Waals surface area contributed by atoms with Gasteiger partial charge in [0.1, 0.15) is 0 Å². The summed E-state index contributed by atoms with van der Waals surface area (Å²) in [5.41, 5.74) is 0. The molecule has 1 unspecified atom stereocenters. The number of amides is 1. The smallest absolute Gasteiger partial charge is 0.306 e. The summed E-state index contributed by atoms with van der Waals surface area (Å²) in [4.78, 5) is 22.6. The lowest BCUT2D eigenvalue weighted by Gasteiger charge is -2.06. The van der Waals surface area contributed by atoms with Crippen LogP contribution in [-0.2, 0) is 4.79 Å². The number of carbonyl (C=O) groups is 2. The molecule has 0 aliphatic heterocycles. The van der Waals surface area contributed by atoms with Crippen LogP contribution < -0.4 is 5.32 Å².